The third-order valence-corrected chi connectivity index (χ3v) is 4.00. The van der Waals surface area contributed by atoms with Gasteiger partial charge in [0.25, 0.3) is 0 Å². The number of nitrogens with one attached hydrogen (secondary N) is 2. The fraction of sp³-hybridized carbons (Fsp3) is 0.941. The van der Waals surface area contributed by atoms with Gasteiger partial charge in [-0.15, -0.1) is 0 Å². The molecule has 2 unspecified atom stereocenters. The van der Waals surface area contributed by atoms with Gasteiger partial charge in [-0.05, 0) is 53.5 Å². The van der Waals surface area contributed by atoms with Crippen LogP contribution >= 0.6 is 0 Å². The van der Waals surface area contributed by atoms with Crippen molar-refractivity contribution in [2.75, 3.05) is 40.4 Å². The molecule has 0 aromatic carbocycles. The number of carbonyl (C=O) groups is 1. The molecule has 0 aromatic heterocycles. The van der Waals surface area contributed by atoms with Gasteiger partial charge in [0.2, 0.25) is 0 Å². The lowest BCUT2D eigenvalue weighted by molar-refractivity contribution is 0.0488. The number of methoxy groups -OCH3 is 1. The maximum Gasteiger partial charge on any atom is 0.407 e. The van der Waals surface area contributed by atoms with E-state index in [1.54, 1.807) is 7.11 Å². The van der Waals surface area contributed by atoms with Crippen LogP contribution in [0.3, 0.4) is 0 Å². The smallest absolute Gasteiger partial charge is 0.407 e. The van der Waals surface area contributed by atoms with Gasteiger partial charge >= 0.3 is 6.09 Å². The lowest BCUT2D eigenvalue weighted by Crippen LogP contribution is -2.46. The number of amides is 1. The number of nitrogens with zero attached hydrogens (tertiary/aromatic N) is 1. The van der Waals surface area contributed by atoms with E-state index in [1.165, 1.54) is 6.42 Å². The molecule has 0 heterocycles. The molecule has 1 aliphatic carbocycles. The zero-order chi connectivity index (χ0) is 17.3. The van der Waals surface area contributed by atoms with E-state index in [1.807, 2.05) is 20.8 Å². The van der Waals surface area contributed by atoms with Crippen LogP contribution in [0, 0.1) is 0 Å². The largest absolute Gasteiger partial charge is 0.444 e. The topological polar surface area (TPSA) is 62.8 Å². The second-order valence-electron chi connectivity index (χ2n) is 7.46. The van der Waals surface area contributed by atoms with Crippen molar-refractivity contribution in [3.63, 3.8) is 0 Å². The van der Waals surface area contributed by atoms with E-state index in [0.717, 1.165) is 45.5 Å². The molecule has 0 bridgehead atoms. The van der Waals surface area contributed by atoms with Crippen LogP contribution in [-0.4, -0.2) is 69.1 Å². The van der Waals surface area contributed by atoms with E-state index in [2.05, 4.69) is 22.6 Å². The average Bonchev–Trinajstić information content (AvgIpc) is 2.43. The molecule has 23 heavy (non-hydrogen) atoms. The van der Waals surface area contributed by atoms with Crippen molar-refractivity contribution in [2.45, 2.75) is 64.1 Å². The second-order valence-corrected chi connectivity index (χ2v) is 7.46. The molecule has 1 aliphatic rings. The highest BCUT2D eigenvalue weighted by Crippen LogP contribution is 2.19. The first-order chi connectivity index (χ1) is 10.8. The third-order valence-electron chi connectivity index (χ3n) is 4.00. The summed E-state index contributed by atoms with van der Waals surface area (Å²) in [4.78, 5) is 14.1. The van der Waals surface area contributed by atoms with Crippen molar-refractivity contribution in [2.24, 2.45) is 0 Å². The Morgan fingerprint density at radius 3 is 2.57 bits per heavy atom. The Kier molecular flexibility index (Phi) is 8.87. The maximum atomic E-state index is 11.9. The predicted octanol–water partition coefficient (Wildman–Crippen LogP) is 1.99. The Morgan fingerprint density at radius 1 is 1.22 bits per heavy atom. The molecule has 0 radical (unpaired) electrons. The highest BCUT2D eigenvalue weighted by atomic mass is 16.6. The van der Waals surface area contributed by atoms with Crippen LogP contribution in [0.1, 0.15) is 46.5 Å². The summed E-state index contributed by atoms with van der Waals surface area (Å²) in [6.07, 6.45) is 4.01. The lowest BCUT2D eigenvalue weighted by atomic mass is 9.91. The van der Waals surface area contributed by atoms with Crippen LogP contribution in [0.4, 0.5) is 4.79 Å². The minimum Gasteiger partial charge on any atom is -0.444 e. The van der Waals surface area contributed by atoms with Crippen LogP contribution in [0.25, 0.3) is 0 Å². The van der Waals surface area contributed by atoms with Gasteiger partial charge in [0, 0.05) is 38.8 Å². The first-order valence-corrected chi connectivity index (χ1v) is 8.70. The van der Waals surface area contributed by atoms with Gasteiger partial charge in [-0.3, -0.25) is 0 Å². The fourth-order valence-corrected chi connectivity index (χ4v) is 2.80. The molecule has 6 nitrogen and oxygen atoms in total. The monoisotopic (exact) mass is 329 g/mol. The number of hydrogen-bond donors (Lipinski definition) is 2. The Morgan fingerprint density at radius 2 is 1.91 bits per heavy atom. The van der Waals surface area contributed by atoms with Crippen molar-refractivity contribution in [3.8, 4) is 0 Å². The van der Waals surface area contributed by atoms with Crippen molar-refractivity contribution in [3.05, 3.63) is 0 Å². The number of carbonyl (C=O) groups excluding carboxylic acids is 1. The maximum absolute atomic E-state index is 11.9. The Balaban J connectivity index is 2.22. The fourth-order valence-electron chi connectivity index (χ4n) is 2.80. The van der Waals surface area contributed by atoms with Crippen LogP contribution in [-0.2, 0) is 9.47 Å². The van der Waals surface area contributed by atoms with Crippen molar-refractivity contribution < 1.29 is 14.3 Å². The number of alkyl carbamates (subject to hydrolysis) is 1. The first kappa shape index (κ1) is 20.2. The van der Waals surface area contributed by atoms with E-state index in [9.17, 15) is 4.79 Å². The highest BCUT2D eigenvalue weighted by Gasteiger charge is 2.25. The molecule has 0 aromatic rings. The molecule has 0 aliphatic heterocycles. The summed E-state index contributed by atoms with van der Waals surface area (Å²) in [5, 5.41) is 6.61. The van der Waals surface area contributed by atoms with Crippen LogP contribution in [0.2, 0.25) is 0 Å². The Labute approximate surface area is 141 Å². The van der Waals surface area contributed by atoms with Crippen molar-refractivity contribution in [1.82, 2.24) is 15.5 Å². The molecule has 136 valence electrons. The Bertz CT molecular complexity index is 344. The normalized spacial score (nSPS) is 22.2. The van der Waals surface area contributed by atoms with E-state index in [4.69, 9.17) is 9.47 Å². The summed E-state index contributed by atoms with van der Waals surface area (Å²) >= 11 is 0. The van der Waals surface area contributed by atoms with Gasteiger partial charge in [-0.2, -0.15) is 0 Å². The average molecular weight is 329 g/mol. The quantitative estimate of drug-likeness (QED) is 0.713. The zero-order valence-electron chi connectivity index (χ0n) is 15.5. The molecule has 1 saturated carbocycles. The highest BCUT2D eigenvalue weighted by molar-refractivity contribution is 5.68. The number of ether oxygens (including phenoxy) is 2. The molecule has 2 N–H and O–H groups in total. The molecule has 1 rings (SSSR count). The summed E-state index contributed by atoms with van der Waals surface area (Å²) in [5.74, 6) is 0. The first-order valence-electron chi connectivity index (χ1n) is 8.70. The van der Waals surface area contributed by atoms with Crippen molar-refractivity contribution in [1.29, 1.82) is 0 Å². The van der Waals surface area contributed by atoms with E-state index in [-0.39, 0.29) is 12.1 Å². The van der Waals surface area contributed by atoms with Gasteiger partial charge in [0.1, 0.15) is 5.60 Å². The van der Waals surface area contributed by atoms with Gasteiger partial charge < -0.3 is 25.0 Å². The van der Waals surface area contributed by atoms with Gasteiger partial charge in [-0.1, -0.05) is 0 Å². The van der Waals surface area contributed by atoms with Crippen LogP contribution < -0.4 is 10.6 Å². The molecule has 1 amide bonds. The summed E-state index contributed by atoms with van der Waals surface area (Å²) in [6, 6.07) is 0.682. The molecule has 1 fully saturated rings. The minimum absolute atomic E-state index is 0.210. The summed E-state index contributed by atoms with van der Waals surface area (Å²) in [5.41, 5.74) is -0.441. The van der Waals surface area contributed by atoms with Crippen LogP contribution in [0.5, 0.6) is 0 Å². The lowest BCUT2D eigenvalue weighted by Gasteiger charge is -2.31. The molecule has 0 saturated heterocycles. The number of rotatable bonds is 8. The van der Waals surface area contributed by atoms with Crippen LogP contribution in [0.15, 0.2) is 0 Å². The number of likely N-dealkylation sites (N-methyl/N-ethyl adjacent to an activating group) is 1. The summed E-state index contributed by atoms with van der Waals surface area (Å²) in [6.45, 7) is 9.34. The second kappa shape index (κ2) is 10.1. The van der Waals surface area contributed by atoms with E-state index >= 15 is 0 Å². The molecular formula is C17H35N3O3. The molecular weight excluding hydrogens is 294 g/mol. The summed E-state index contributed by atoms with van der Waals surface area (Å²) in [7, 11) is 3.83. The standard InChI is InChI=1S/C17H35N3O3/c1-17(2,3)23-16(21)19-15-8-6-7-14(13-15)18-9-10-20(4)11-12-22-5/h14-15,18H,6-13H2,1-5H3,(H,19,21). The van der Waals surface area contributed by atoms with Gasteiger partial charge in [0.15, 0.2) is 0 Å². The van der Waals surface area contributed by atoms with E-state index in [0.29, 0.717) is 6.04 Å². The predicted molar refractivity (Wildman–Crippen MR) is 92.8 cm³/mol. The molecule has 2 atom stereocenters. The SMILES string of the molecule is COCCN(C)CCNC1CCCC(NC(=O)OC(C)(C)C)C1. The van der Waals surface area contributed by atoms with E-state index < -0.39 is 5.60 Å². The minimum atomic E-state index is -0.441. The summed E-state index contributed by atoms with van der Waals surface area (Å²) < 4.78 is 10.4. The number of hydrogen-bond acceptors (Lipinski definition) is 5. The molecule has 0 spiro atoms. The van der Waals surface area contributed by atoms with Gasteiger partial charge in [0.05, 0.1) is 6.61 Å². The third kappa shape index (κ3) is 9.79. The van der Waals surface area contributed by atoms with Gasteiger partial charge in [-0.25, -0.2) is 4.79 Å². The molecule has 6 heteroatoms. The zero-order valence-corrected chi connectivity index (χ0v) is 15.5. The van der Waals surface area contributed by atoms with Crippen molar-refractivity contribution >= 4 is 6.09 Å². The Hall–Kier alpha value is -0.850.